The van der Waals surface area contributed by atoms with Crippen LogP contribution in [0.3, 0.4) is 0 Å². The number of hydrogen-bond donors (Lipinski definition) is 2. The Balaban J connectivity index is 1.05. The summed E-state index contributed by atoms with van der Waals surface area (Å²) >= 11 is 14.2. The monoisotopic (exact) mass is 1170 g/mol. The minimum absolute atomic E-state index is 0.909. The van der Waals surface area contributed by atoms with E-state index in [2.05, 4.69) is 223 Å². The first-order chi connectivity index (χ1) is 39.6. The summed E-state index contributed by atoms with van der Waals surface area (Å²) in [6, 6.07) is 63.6. The van der Waals surface area contributed by atoms with E-state index >= 15 is 0 Å². The molecule has 2 aliphatic heterocycles. The van der Waals surface area contributed by atoms with Crippen LogP contribution in [0.25, 0.3) is 172 Å². The summed E-state index contributed by atoms with van der Waals surface area (Å²) in [7, 11) is 0. The summed E-state index contributed by atoms with van der Waals surface area (Å²) in [6.07, 6.45) is 0. The van der Waals surface area contributed by atoms with Gasteiger partial charge in [0, 0.05) is 149 Å². The largest absolute Gasteiger partial charge is 0.354 e. The molecule has 13 heterocycles. The van der Waals surface area contributed by atoms with E-state index in [0.29, 0.717) is 0 Å². The van der Waals surface area contributed by atoms with Crippen molar-refractivity contribution in [2.75, 3.05) is 0 Å². The highest BCUT2D eigenvalue weighted by Gasteiger charge is 2.26. The Labute approximate surface area is 491 Å². The molecule has 8 bridgehead atoms. The molecule has 0 amide bonds. The normalized spacial score (nSPS) is 12.0. The van der Waals surface area contributed by atoms with Crippen LogP contribution in [0.2, 0.25) is 0 Å². The molecule has 2 aliphatic rings. The van der Waals surface area contributed by atoms with Crippen LogP contribution < -0.4 is 0 Å². The predicted octanol–water partition coefficient (Wildman–Crippen LogP) is 23.1. The number of fused-ring (bicyclic) bond motifs is 20. The van der Waals surface area contributed by atoms with E-state index in [4.69, 9.17) is 9.97 Å². The first-order valence-corrected chi connectivity index (χ1v) is 33.0. The molecule has 0 saturated carbocycles. The number of nitrogens with one attached hydrogen (secondary N) is 2. The van der Waals surface area contributed by atoms with Gasteiger partial charge in [-0.05, 0) is 164 Å². The molecule has 4 nitrogen and oxygen atoms in total. The van der Waals surface area contributed by atoms with Gasteiger partial charge in [-0.25, -0.2) is 9.97 Å². The number of H-pyrrole nitrogens is 2. The Bertz CT molecular complexity index is 4390. The van der Waals surface area contributed by atoms with Gasteiger partial charge in [0.05, 0.1) is 22.8 Å². The van der Waals surface area contributed by atoms with Gasteiger partial charge in [0.1, 0.15) is 0 Å². The standard InChI is InChI=1S/C68H38N4S8/c1-9-61(73-17-1)45-25-37-38(26-46(45)62-10-2-18-74-62)54-34-56-41-29-49(65-13-5-21-77-65)50(66-14-6-22-78-66)30-42(41)58(71-56)36-60-44-32-52(68-16-8-24-80-68)51(67-15-7-23-79-67)31-43(44)59(72-60)35-57-40-28-48(64-12-4-20-76-64)47(63-11-3-19-75-63)27-39(40)55(70-57)33-53(37)69-54/h1-36,69,72H. The highest BCUT2D eigenvalue weighted by Crippen LogP contribution is 2.51. The van der Waals surface area contributed by atoms with Crippen molar-refractivity contribution in [2.45, 2.75) is 0 Å². The Morgan fingerprint density at radius 1 is 0.212 bits per heavy atom. The summed E-state index contributed by atoms with van der Waals surface area (Å²) < 4.78 is 0. The minimum atomic E-state index is 0.909. The van der Waals surface area contributed by atoms with E-state index < -0.39 is 0 Å². The third kappa shape index (κ3) is 7.73. The number of aromatic amines is 2. The van der Waals surface area contributed by atoms with Gasteiger partial charge < -0.3 is 9.97 Å². The van der Waals surface area contributed by atoms with Crippen molar-refractivity contribution in [1.29, 1.82) is 0 Å². The van der Waals surface area contributed by atoms with E-state index in [0.717, 1.165) is 88.6 Å². The molecule has 0 saturated heterocycles. The van der Waals surface area contributed by atoms with Gasteiger partial charge >= 0.3 is 0 Å². The van der Waals surface area contributed by atoms with Gasteiger partial charge in [-0.1, -0.05) is 48.5 Å². The molecule has 15 aromatic rings. The zero-order chi connectivity index (χ0) is 52.4. The number of aromatic nitrogens is 4. The summed E-state index contributed by atoms with van der Waals surface area (Å²) in [5.41, 5.74) is 21.7. The average Bonchev–Trinajstić information content (AvgIpc) is 4.47. The fraction of sp³-hybridized carbons (Fsp3) is 0. The molecule has 0 radical (unpaired) electrons. The highest BCUT2D eigenvalue weighted by molar-refractivity contribution is 7.16. The maximum atomic E-state index is 5.76. The third-order valence-electron chi connectivity index (χ3n) is 15.3. The lowest BCUT2D eigenvalue weighted by atomic mass is 9.94. The molecule has 2 N–H and O–H groups in total. The molecule has 4 aromatic carbocycles. The predicted molar refractivity (Wildman–Crippen MR) is 351 cm³/mol. The third-order valence-corrected chi connectivity index (χ3v) is 22.6. The maximum absolute atomic E-state index is 5.76. The Kier molecular flexibility index (Phi) is 11.1. The van der Waals surface area contributed by atoms with Crippen LogP contribution in [0.1, 0.15) is 0 Å². The molecule has 0 spiro atoms. The van der Waals surface area contributed by atoms with Crippen LogP contribution in [0.5, 0.6) is 0 Å². The van der Waals surface area contributed by atoms with Crippen LogP contribution in [0.15, 0.2) is 213 Å². The van der Waals surface area contributed by atoms with E-state index in [9.17, 15) is 0 Å². The molecule has 12 heteroatoms. The number of hydrogen-bond acceptors (Lipinski definition) is 10. The molecule has 11 aromatic heterocycles. The number of rotatable bonds is 8. The first-order valence-electron chi connectivity index (χ1n) is 26.0. The summed E-state index contributed by atoms with van der Waals surface area (Å²) in [5, 5.41) is 21.9. The van der Waals surface area contributed by atoms with Crippen molar-refractivity contribution >= 4 is 134 Å². The van der Waals surface area contributed by atoms with Gasteiger partial charge in [-0.15, -0.1) is 90.7 Å². The van der Waals surface area contributed by atoms with E-state index in [1.54, 1.807) is 90.7 Å². The van der Waals surface area contributed by atoms with Gasteiger partial charge in [0.2, 0.25) is 0 Å². The molecule has 378 valence electrons. The van der Waals surface area contributed by atoms with Gasteiger partial charge in [-0.3, -0.25) is 0 Å². The molecule has 0 unspecified atom stereocenters. The summed E-state index contributed by atoms with van der Waals surface area (Å²) in [5.74, 6) is 0. The zero-order valence-corrected chi connectivity index (χ0v) is 48.5. The Morgan fingerprint density at radius 3 is 0.575 bits per heavy atom. The lowest BCUT2D eigenvalue weighted by molar-refractivity contribution is 1.40. The lowest BCUT2D eigenvalue weighted by Gasteiger charge is -2.11. The molecular formula is C68H38N4S8. The second kappa shape index (κ2) is 18.9. The van der Waals surface area contributed by atoms with Crippen molar-refractivity contribution < 1.29 is 0 Å². The van der Waals surface area contributed by atoms with Crippen molar-refractivity contribution in [3.05, 3.63) is 213 Å². The minimum Gasteiger partial charge on any atom is -0.354 e. The topological polar surface area (TPSA) is 57.4 Å². The average molecular weight is 1170 g/mol. The number of benzene rings is 4. The highest BCUT2D eigenvalue weighted by atomic mass is 32.1. The van der Waals surface area contributed by atoms with Crippen molar-refractivity contribution in [3.63, 3.8) is 0 Å². The Morgan fingerprint density at radius 2 is 0.400 bits per heavy atom. The second-order valence-electron chi connectivity index (χ2n) is 19.8. The molecule has 0 fully saturated rings. The van der Waals surface area contributed by atoms with Crippen LogP contribution in [-0.2, 0) is 0 Å². The quantitative estimate of drug-likeness (QED) is 0.159. The SMILES string of the molecule is c1csc(-c2cc3c(cc2-c2cccs2)-c2cc4[nH]c(cc5nc(cc6[nH]c(cc-3n2)c2cc(-c3cccs3)c(-c3cccs3)cc62)-c2cc(-c3cccs3)c(-c3cccs3)cc2-5)c2cc(-c3cccs3)c(-c3cccs3)cc42)c1. The van der Waals surface area contributed by atoms with Crippen molar-refractivity contribution in [2.24, 2.45) is 0 Å². The maximum Gasteiger partial charge on any atom is 0.0737 e. The molecule has 17 rings (SSSR count). The number of nitrogens with zero attached hydrogens (tertiary/aromatic N) is 2. The molecule has 0 aliphatic carbocycles. The smallest absolute Gasteiger partial charge is 0.0737 e. The van der Waals surface area contributed by atoms with Gasteiger partial charge in [0.25, 0.3) is 0 Å². The van der Waals surface area contributed by atoms with Crippen LogP contribution in [0.4, 0.5) is 0 Å². The lowest BCUT2D eigenvalue weighted by Crippen LogP contribution is -1.86. The van der Waals surface area contributed by atoms with E-state index in [1.807, 2.05) is 0 Å². The first kappa shape index (κ1) is 47.0. The number of thiophene rings is 8. The van der Waals surface area contributed by atoms with Crippen molar-refractivity contribution in [3.8, 4) is 129 Å². The summed E-state index contributed by atoms with van der Waals surface area (Å²) in [6.45, 7) is 0. The van der Waals surface area contributed by atoms with Gasteiger partial charge in [0.15, 0.2) is 0 Å². The molecular weight excluding hydrogens is 1130 g/mol. The van der Waals surface area contributed by atoms with Crippen LogP contribution >= 0.6 is 90.7 Å². The molecule has 0 atom stereocenters. The van der Waals surface area contributed by atoms with Crippen LogP contribution in [0, 0.1) is 0 Å². The molecule has 80 heavy (non-hydrogen) atoms. The fourth-order valence-corrected chi connectivity index (χ4v) is 17.8. The fourth-order valence-electron chi connectivity index (χ4n) is 11.7. The Hall–Kier alpha value is -7.88. The van der Waals surface area contributed by atoms with E-state index in [-0.39, 0.29) is 0 Å². The summed E-state index contributed by atoms with van der Waals surface area (Å²) in [4.78, 5) is 29.5. The van der Waals surface area contributed by atoms with Crippen LogP contribution in [-0.4, -0.2) is 19.9 Å². The second-order valence-corrected chi connectivity index (χ2v) is 27.4. The zero-order valence-electron chi connectivity index (χ0n) is 41.9. The van der Waals surface area contributed by atoms with Gasteiger partial charge in [-0.2, -0.15) is 0 Å². The van der Waals surface area contributed by atoms with E-state index in [1.165, 1.54) is 83.5 Å². The van der Waals surface area contributed by atoms with Crippen molar-refractivity contribution in [1.82, 2.24) is 19.9 Å².